The molecule has 1 saturated heterocycles. The minimum Gasteiger partial charge on any atom is -0.378 e. The van der Waals surface area contributed by atoms with Crippen molar-refractivity contribution in [3.05, 3.63) is 35.6 Å². The van der Waals surface area contributed by atoms with Gasteiger partial charge in [0.25, 0.3) is 0 Å². The molecular formula is C24H32FN3O3. The van der Waals surface area contributed by atoms with Crippen LogP contribution < -0.4 is 11.1 Å². The molecule has 0 spiro atoms. The topological polar surface area (TPSA) is 84.7 Å². The molecule has 1 aromatic rings. The summed E-state index contributed by atoms with van der Waals surface area (Å²) in [5.41, 5.74) is 6.30. The monoisotopic (exact) mass is 429 g/mol. The van der Waals surface area contributed by atoms with Crippen molar-refractivity contribution in [2.75, 3.05) is 19.8 Å². The van der Waals surface area contributed by atoms with Crippen molar-refractivity contribution in [2.24, 2.45) is 28.9 Å². The van der Waals surface area contributed by atoms with Crippen LogP contribution in [0.3, 0.4) is 0 Å². The Hall–Kier alpha value is -1.99. The molecule has 4 aliphatic carbocycles. The van der Waals surface area contributed by atoms with E-state index in [2.05, 4.69) is 10.2 Å². The zero-order chi connectivity index (χ0) is 21.8. The van der Waals surface area contributed by atoms with Gasteiger partial charge in [-0.15, -0.1) is 0 Å². The standard InChI is InChI=1S/C24H32FN3O3/c1-14(16-3-2-4-19(25)9-16)28-5-6-31-13-20(28)22(29)27-21-17-7-15-8-18(21)12-24(10-15,11-17)23(26)30/h2-4,9,14-15,17-18,20-21H,5-8,10-13H2,1H3,(H2,26,30)(H,27,29)/t14?,15?,17?,18?,20-,21?,24?/m0/s1. The van der Waals surface area contributed by atoms with Gasteiger partial charge in [0, 0.05) is 24.0 Å². The number of amides is 2. The summed E-state index contributed by atoms with van der Waals surface area (Å²) in [7, 11) is 0. The average molecular weight is 430 g/mol. The zero-order valence-electron chi connectivity index (χ0n) is 18.1. The maximum atomic E-state index is 13.8. The predicted octanol–water partition coefficient (Wildman–Crippen LogP) is 2.38. The summed E-state index contributed by atoms with van der Waals surface area (Å²) >= 11 is 0. The van der Waals surface area contributed by atoms with Crippen LogP contribution in [0.4, 0.5) is 4.39 Å². The molecule has 1 aliphatic heterocycles. The summed E-state index contributed by atoms with van der Waals surface area (Å²) in [4.78, 5) is 27.7. The minimum absolute atomic E-state index is 0.0199. The third-order valence-electron chi connectivity index (χ3n) is 8.41. The van der Waals surface area contributed by atoms with Crippen molar-refractivity contribution in [2.45, 2.75) is 57.2 Å². The van der Waals surface area contributed by atoms with Crippen molar-refractivity contribution in [1.82, 2.24) is 10.2 Å². The number of ether oxygens (including phenoxy) is 1. The molecule has 5 aliphatic rings. The molecule has 6 nitrogen and oxygen atoms in total. The Morgan fingerprint density at radius 2 is 2.00 bits per heavy atom. The van der Waals surface area contributed by atoms with Gasteiger partial charge in [0.2, 0.25) is 11.8 Å². The van der Waals surface area contributed by atoms with Crippen molar-refractivity contribution < 1.29 is 18.7 Å². The number of halogens is 1. The number of nitrogens with one attached hydrogen (secondary N) is 1. The van der Waals surface area contributed by atoms with E-state index in [4.69, 9.17) is 10.5 Å². The van der Waals surface area contributed by atoms with Gasteiger partial charge in [0.05, 0.1) is 13.2 Å². The van der Waals surface area contributed by atoms with Crippen LogP contribution in [0.1, 0.15) is 50.6 Å². The van der Waals surface area contributed by atoms with Crippen LogP contribution in [0, 0.1) is 29.0 Å². The lowest BCUT2D eigenvalue weighted by Crippen LogP contribution is -2.64. The normalized spacial score (nSPS) is 38.1. The Morgan fingerprint density at radius 3 is 2.68 bits per heavy atom. The third kappa shape index (κ3) is 3.65. The number of rotatable bonds is 5. The number of carbonyl (C=O) groups excluding carboxylic acids is 2. The summed E-state index contributed by atoms with van der Waals surface area (Å²) < 4.78 is 19.4. The first-order valence-corrected chi connectivity index (χ1v) is 11.6. The van der Waals surface area contributed by atoms with Gasteiger partial charge in [-0.3, -0.25) is 14.5 Å². The smallest absolute Gasteiger partial charge is 0.240 e. The Bertz CT molecular complexity index is 861. The largest absolute Gasteiger partial charge is 0.378 e. The van der Waals surface area contributed by atoms with Crippen LogP contribution >= 0.6 is 0 Å². The number of nitrogens with two attached hydrogens (primary N) is 1. The highest BCUT2D eigenvalue weighted by molar-refractivity contribution is 5.83. The van der Waals surface area contributed by atoms with Crippen molar-refractivity contribution >= 4 is 11.8 Å². The lowest BCUT2D eigenvalue weighted by molar-refractivity contribution is -0.149. The molecular weight excluding hydrogens is 397 g/mol. The highest BCUT2D eigenvalue weighted by atomic mass is 19.1. The van der Waals surface area contributed by atoms with E-state index in [0.29, 0.717) is 37.5 Å². The number of hydrogen-bond acceptors (Lipinski definition) is 4. The second-order valence-corrected chi connectivity index (χ2v) is 10.2. The molecule has 31 heavy (non-hydrogen) atoms. The molecule has 1 aromatic carbocycles. The highest BCUT2D eigenvalue weighted by Gasteiger charge is 2.58. The second-order valence-electron chi connectivity index (χ2n) is 10.2. The van der Waals surface area contributed by atoms with Gasteiger partial charge in [0.1, 0.15) is 11.9 Å². The van der Waals surface area contributed by atoms with Crippen molar-refractivity contribution in [3.63, 3.8) is 0 Å². The zero-order valence-corrected chi connectivity index (χ0v) is 18.1. The molecule has 3 N–H and O–H groups in total. The molecule has 5 fully saturated rings. The Kier molecular flexibility index (Phi) is 5.29. The van der Waals surface area contributed by atoms with Gasteiger partial charge in [-0.05, 0) is 74.5 Å². The van der Waals surface area contributed by atoms with Gasteiger partial charge < -0.3 is 15.8 Å². The maximum Gasteiger partial charge on any atom is 0.240 e. The van der Waals surface area contributed by atoms with Crippen LogP contribution in [-0.4, -0.2) is 48.6 Å². The molecule has 0 aromatic heterocycles. The van der Waals surface area contributed by atoms with Crippen LogP contribution in [0.5, 0.6) is 0 Å². The summed E-state index contributed by atoms with van der Waals surface area (Å²) in [5, 5.41) is 3.35. The van der Waals surface area contributed by atoms with E-state index in [1.165, 1.54) is 12.1 Å². The van der Waals surface area contributed by atoms with Crippen LogP contribution in [0.2, 0.25) is 0 Å². The van der Waals surface area contributed by atoms with Gasteiger partial charge >= 0.3 is 0 Å². The lowest BCUT2D eigenvalue weighted by atomic mass is 9.47. The minimum atomic E-state index is -0.408. The Balaban J connectivity index is 1.31. The van der Waals surface area contributed by atoms with Gasteiger partial charge in [0.15, 0.2) is 0 Å². The fraction of sp³-hybridized carbons (Fsp3) is 0.667. The number of hydrogen-bond donors (Lipinski definition) is 2. The SMILES string of the molecule is CC(c1cccc(F)c1)N1CCOC[C@H]1C(=O)NC1C2CC3CC1CC(C(N)=O)(C3)C2. The molecule has 2 amide bonds. The molecule has 4 bridgehead atoms. The van der Waals surface area contributed by atoms with Crippen LogP contribution in [0.25, 0.3) is 0 Å². The first kappa shape index (κ1) is 20.9. The maximum absolute atomic E-state index is 13.8. The lowest BCUT2D eigenvalue weighted by Gasteiger charge is -2.59. The number of benzene rings is 1. The van der Waals surface area contributed by atoms with E-state index in [9.17, 15) is 14.0 Å². The third-order valence-corrected chi connectivity index (χ3v) is 8.41. The second kappa shape index (κ2) is 7.85. The van der Waals surface area contributed by atoms with E-state index in [1.54, 1.807) is 6.07 Å². The molecule has 6 rings (SSSR count). The van der Waals surface area contributed by atoms with Gasteiger partial charge in [-0.1, -0.05) is 12.1 Å². The molecule has 168 valence electrons. The number of carbonyl (C=O) groups is 2. The average Bonchev–Trinajstić information content (AvgIpc) is 2.75. The molecule has 7 heteroatoms. The molecule has 1 heterocycles. The molecule has 4 atom stereocenters. The van der Waals surface area contributed by atoms with Crippen molar-refractivity contribution in [1.29, 1.82) is 0 Å². The summed E-state index contributed by atoms with van der Waals surface area (Å²) in [6.45, 7) is 3.53. The van der Waals surface area contributed by atoms with E-state index in [1.807, 2.05) is 13.0 Å². The van der Waals surface area contributed by atoms with E-state index >= 15 is 0 Å². The van der Waals surface area contributed by atoms with E-state index in [0.717, 1.165) is 37.7 Å². The fourth-order valence-electron chi connectivity index (χ4n) is 7.09. The molecule has 0 radical (unpaired) electrons. The predicted molar refractivity (Wildman–Crippen MR) is 113 cm³/mol. The number of morpholine rings is 1. The first-order chi connectivity index (χ1) is 14.9. The van der Waals surface area contributed by atoms with Crippen LogP contribution in [-0.2, 0) is 14.3 Å². The molecule has 4 saturated carbocycles. The van der Waals surface area contributed by atoms with Gasteiger partial charge in [-0.25, -0.2) is 4.39 Å². The highest BCUT2D eigenvalue weighted by Crippen LogP contribution is 2.59. The van der Waals surface area contributed by atoms with E-state index in [-0.39, 0.29) is 35.1 Å². The number of nitrogens with zero attached hydrogens (tertiary/aromatic N) is 1. The van der Waals surface area contributed by atoms with Crippen molar-refractivity contribution in [3.8, 4) is 0 Å². The summed E-state index contributed by atoms with van der Waals surface area (Å²) in [5.74, 6) is 0.750. The summed E-state index contributed by atoms with van der Waals surface area (Å²) in [6.07, 6.45) is 4.66. The number of primary amides is 1. The van der Waals surface area contributed by atoms with Crippen LogP contribution in [0.15, 0.2) is 24.3 Å². The summed E-state index contributed by atoms with van der Waals surface area (Å²) in [6, 6.07) is 6.19. The van der Waals surface area contributed by atoms with E-state index < -0.39 is 6.04 Å². The fourth-order valence-corrected chi connectivity index (χ4v) is 7.09. The first-order valence-electron chi connectivity index (χ1n) is 11.6. The Morgan fingerprint density at radius 1 is 1.26 bits per heavy atom. The van der Waals surface area contributed by atoms with Gasteiger partial charge in [-0.2, -0.15) is 0 Å². The quantitative estimate of drug-likeness (QED) is 0.753. The molecule has 3 unspecified atom stereocenters. The Labute approximate surface area is 182 Å².